The summed E-state index contributed by atoms with van der Waals surface area (Å²) in [4.78, 5) is 11.4. The van der Waals surface area contributed by atoms with E-state index in [9.17, 15) is 4.79 Å². The number of carbonyl (C=O) groups excluding carboxylic acids is 1. The van der Waals surface area contributed by atoms with Gasteiger partial charge in [-0.25, -0.2) is 0 Å². The van der Waals surface area contributed by atoms with Crippen molar-refractivity contribution in [3.8, 4) is 0 Å². The Morgan fingerprint density at radius 3 is 2.36 bits per heavy atom. The molecule has 1 N–H and O–H groups in total. The highest BCUT2D eigenvalue weighted by molar-refractivity contribution is 5.79. The van der Waals surface area contributed by atoms with Crippen LogP contribution in [0.3, 0.4) is 0 Å². The van der Waals surface area contributed by atoms with Gasteiger partial charge >= 0.3 is 0 Å². The average Bonchev–Trinajstić information content (AvgIpc) is 2.19. The first kappa shape index (κ1) is 10.6. The zero-order chi connectivity index (χ0) is 10.6. The Labute approximate surface area is 84.7 Å². The Hall–Kier alpha value is -1.51. The molecule has 0 aliphatic carbocycles. The summed E-state index contributed by atoms with van der Waals surface area (Å²) < 4.78 is 0. The van der Waals surface area contributed by atoms with E-state index in [1.165, 1.54) is 0 Å². The van der Waals surface area contributed by atoms with Crippen LogP contribution in [0.15, 0.2) is 30.3 Å². The number of benzene rings is 1. The molecule has 0 aliphatic heterocycles. The molecule has 76 valence electrons. The number of carbonyl (C=O) groups is 1. The minimum atomic E-state index is 0.00108. The number of hydrazine groups is 1. The Morgan fingerprint density at radius 1 is 1.29 bits per heavy atom. The van der Waals surface area contributed by atoms with E-state index < -0.39 is 0 Å². The first-order valence-corrected chi connectivity index (χ1v) is 4.70. The maximum atomic E-state index is 11.4. The van der Waals surface area contributed by atoms with Crippen LogP contribution in [0.5, 0.6) is 0 Å². The molecule has 1 rings (SSSR count). The molecule has 0 fully saturated rings. The van der Waals surface area contributed by atoms with Gasteiger partial charge in [-0.2, -0.15) is 0 Å². The molecule has 3 nitrogen and oxygen atoms in total. The second-order valence-corrected chi connectivity index (χ2v) is 3.53. The van der Waals surface area contributed by atoms with Crippen LogP contribution in [0.2, 0.25) is 0 Å². The number of nitrogens with zero attached hydrogens (tertiary/aromatic N) is 1. The summed E-state index contributed by atoms with van der Waals surface area (Å²) in [5.41, 5.74) is 3.76. The zero-order valence-corrected chi connectivity index (χ0v) is 8.82. The van der Waals surface area contributed by atoms with Crippen molar-refractivity contribution in [3.63, 3.8) is 0 Å². The lowest BCUT2D eigenvalue weighted by Gasteiger charge is -2.21. The van der Waals surface area contributed by atoms with E-state index in [0.29, 0.717) is 0 Å². The molecule has 0 saturated heterocycles. The molecule has 0 atom stereocenters. The van der Waals surface area contributed by atoms with Crippen LogP contribution in [0.25, 0.3) is 0 Å². The molecular formula is C11H16N2O. The topological polar surface area (TPSA) is 32.3 Å². The van der Waals surface area contributed by atoms with Crippen molar-refractivity contribution in [1.29, 1.82) is 0 Å². The summed E-state index contributed by atoms with van der Waals surface area (Å²) in [6.45, 7) is 3.74. The van der Waals surface area contributed by atoms with Gasteiger partial charge < -0.3 is 0 Å². The van der Waals surface area contributed by atoms with Gasteiger partial charge in [0.1, 0.15) is 0 Å². The third-order valence-corrected chi connectivity index (χ3v) is 1.95. The predicted octanol–water partition coefficient (Wildman–Crippen LogP) is 1.81. The minimum absolute atomic E-state index is 0.00108. The number of anilines is 1. The second-order valence-electron chi connectivity index (χ2n) is 3.53. The molecule has 0 heterocycles. The van der Waals surface area contributed by atoms with Crippen LogP contribution >= 0.6 is 0 Å². The van der Waals surface area contributed by atoms with E-state index in [4.69, 9.17) is 0 Å². The van der Waals surface area contributed by atoms with Crippen LogP contribution in [-0.4, -0.2) is 13.0 Å². The van der Waals surface area contributed by atoms with Crippen LogP contribution in [0.4, 0.5) is 5.69 Å². The summed E-state index contributed by atoms with van der Waals surface area (Å²) in [5, 5.41) is 1.72. The van der Waals surface area contributed by atoms with Gasteiger partial charge in [0.2, 0.25) is 5.91 Å². The van der Waals surface area contributed by atoms with Crippen LogP contribution in [-0.2, 0) is 4.79 Å². The Balaban J connectivity index is 2.59. The number of hydrogen-bond donors (Lipinski definition) is 1. The van der Waals surface area contributed by atoms with Crippen molar-refractivity contribution in [2.75, 3.05) is 12.1 Å². The normalized spacial score (nSPS) is 10.0. The lowest BCUT2D eigenvalue weighted by atomic mass is 10.2. The van der Waals surface area contributed by atoms with Gasteiger partial charge in [-0.1, -0.05) is 32.0 Å². The fourth-order valence-corrected chi connectivity index (χ4v) is 1.01. The van der Waals surface area contributed by atoms with Gasteiger partial charge in [0.05, 0.1) is 5.69 Å². The Morgan fingerprint density at radius 2 is 1.86 bits per heavy atom. The second kappa shape index (κ2) is 4.65. The van der Waals surface area contributed by atoms with E-state index in [0.717, 1.165) is 5.69 Å². The third kappa shape index (κ3) is 2.76. The summed E-state index contributed by atoms with van der Waals surface area (Å²) in [5.74, 6) is 0.0255. The van der Waals surface area contributed by atoms with Gasteiger partial charge in [-0.05, 0) is 12.1 Å². The van der Waals surface area contributed by atoms with Crippen LogP contribution < -0.4 is 10.4 Å². The van der Waals surface area contributed by atoms with Gasteiger partial charge in [-0.3, -0.25) is 15.2 Å². The maximum Gasteiger partial charge on any atom is 0.241 e. The minimum Gasteiger partial charge on any atom is -0.289 e. The third-order valence-electron chi connectivity index (χ3n) is 1.95. The quantitative estimate of drug-likeness (QED) is 0.741. The number of para-hydroxylation sites is 1. The Bertz CT molecular complexity index is 295. The summed E-state index contributed by atoms with van der Waals surface area (Å²) in [6.07, 6.45) is 0. The van der Waals surface area contributed by atoms with Crippen molar-refractivity contribution in [3.05, 3.63) is 30.3 Å². The van der Waals surface area contributed by atoms with E-state index in [1.54, 1.807) is 5.01 Å². The lowest BCUT2D eigenvalue weighted by molar-refractivity contribution is -0.124. The molecule has 0 saturated carbocycles. The maximum absolute atomic E-state index is 11.4. The highest BCUT2D eigenvalue weighted by Gasteiger charge is 2.08. The predicted molar refractivity (Wildman–Crippen MR) is 57.8 cm³/mol. The number of rotatable bonds is 3. The van der Waals surface area contributed by atoms with Crippen molar-refractivity contribution in [2.24, 2.45) is 5.92 Å². The molecule has 0 radical (unpaired) electrons. The highest BCUT2D eigenvalue weighted by Crippen LogP contribution is 2.08. The van der Waals surface area contributed by atoms with Gasteiger partial charge in [0.25, 0.3) is 0 Å². The van der Waals surface area contributed by atoms with Crippen molar-refractivity contribution < 1.29 is 4.79 Å². The number of hydrogen-bond acceptors (Lipinski definition) is 2. The molecule has 14 heavy (non-hydrogen) atoms. The van der Waals surface area contributed by atoms with E-state index in [2.05, 4.69) is 5.43 Å². The van der Waals surface area contributed by atoms with Gasteiger partial charge in [0, 0.05) is 13.0 Å². The standard InChI is InChI=1S/C11H16N2O/c1-9(2)11(14)12-13(3)10-7-5-4-6-8-10/h4-9H,1-3H3,(H,12,14). The molecule has 0 aromatic heterocycles. The molecule has 1 amide bonds. The molecular weight excluding hydrogens is 176 g/mol. The molecule has 1 aromatic carbocycles. The smallest absolute Gasteiger partial charge is 0.241 e. The van der Waals surface area contributed by atoms with Crippen molar-refractivity contribution in [2.45, 2.75) is 13.8 Å². The van der Waals surface area contributed by atoms with Crippen molar-refractivity contribution in [1.82, 2.24) is 5.43 Å². The molecule has 0 bridgehead atoms. The average molecular weight is 192 g/mol. The number of amides is 1. The largest absolute Gasteiger partial charge is 0.289 e. The zero-order valence-electron chi connectivity index (χ0n) is 8.82. The molecule has 0 aliphatic rings. The Kier molecular flexibility index (Phi) is 3.51. The molecule has 0 unspecified atom stereocenters. The van der Waals surface area contributed by atoms with Gasteiger partial charge in [-0.15, -0.1) is 0 Å². The van der Waals surface area contributed by atoms with E-state index in [-0.39, 0.29) is 11.8 Å². The van der Waals surface area contributed by atoms with E-state index in [1.807, 2.05) is 51.2 Å². The monoisotopic (exact) mass is 192 g/mol. The highest BCUT2D eigenvalue weighted by atomic mass is 16.2. The summed E-state index contributed by atoms with van der Waals surface area (Å²) >= 11 is 0. The van der Waals surface area contributed by atoms with Gasteiger partial charge in [0.15, 0.2) is 0 Å². The molecule has 1 aromatic rings. The van der Waals surface area contributed by atoms with E-state index >= 15 is 0 Å². The first-order chi connectivity index (χ1) is 6.61. The van der Waals surface area contributed by atoms with Crippen molar-refractivity contribution >= 4 is 11.6 Å². The fraction of sp³-hybridized carbons (Fsp3) is 0.364. The summed E-state index contributed by atoms with van der Waals surface area (Å²) in [6, 6.07) is 9.71. The summed E-state index contributed by atoms with van der Waals surface area (Å²) in [7, 11) is 1.83. The lowest BCUT2D eigenvalue weighted by Crippen LogP contribution is -2.41. The molecule has 3 heteroatoms. The molecule has 0 spiro atoms. The SMILES string of the molecule is CC(C)C(=O)NN(C)c1ccccc1. The first-order valence-electron chi connectivity index (χ1n) is 4.70. The van der Waals surface area contributed by atoms with Crippen LogP contribution in [0.1, 0.15) is 13.8 Å². The number of nitrogens with one attached hydrogen (secondary N) is 1. The fourth-order valence-electron chi connectivity index (χ4n) is 1.01. The van der Waals surface area contributed by atoms with Crippen LogP contribution in [0, 0.1) is 5.92 Å².